The van der Waals surface area contributed by atoms with E-state index in [9.17, 15) is 8.42 Å². The maximum Gasteiger partial charge on any atom is 0.200 e. The maximum absolute atomic E-state index is 11.2. The van der Waals surface area contributed by atoms with Crippen LogP contribution in [-0.4, -0.2) is 35.9 Å². The van der Waals surface area contributed by atoms with Crippen molar-refractivity contribution < 1.29 is 8.42 Å². The summed E-state index contributed by atoms with van der Waals surface area (Å²) in [5.41, 5.74) is 0.966. The van der Waals surface area contributed by atoms with E-state index in [1.165, 1.54) is 0 Å². The summed E-state index contributed by atoms with van der Waals surface area (Å²) in [6.45, 7) is 1.91. The Hall–Kier alpha value is -1.04. The summed E-state index contributed by atoms with van der Waals surface area (Å²) in [5, 5.41) is 3.07. The Labute approximate surface area is 82.9 Å². The lowest BCUT2D eigenvalue weighted by molar-refractivity contribution is 0.602. The molecule has 78 valence electrons. The molecule has 1 unspecified atom stereocenters. The molecular formula is C8H13N3O2S. The van der Waals surface area contributed by atoms with Crippen molar-refractivity contribution in [1.82, 2.24) is 9.97 Å². The first-order valence-electron chi connectivity index (χ1n) is 4.54. The number of H-pyrrole nitrogens is 1. The van der Waals surface area contributed by atoms with Crippen LogP contribution in [0.25, 0.3) is 0 Å². The van der Waals surface area contributed by atoms with Gasteiger partial charge >= 0.3 is 0 Å². The first-order chi connectivity index (χ1) is 6.55. The molecule has 6 heteroatoms. The largest absolute Gasteiger partial charge is 0.352 e. The molecule has 1 atom stereocenters. The first kappa shape index (κ1) is 9.51. The molecule has 2 heterocycles. The van der Waals surface area contributed by atoms with Gasteiger partial charge in [0.15, 0.2) is 9.84 Å². The Morgan fingerprint density at radius 1 is 1.64 bits per heavy atom. The van der Waals surface area contributed by atoms with Gasteiger partial charge in [-0.25, -0.2) is 13.4 Å². The Balaban J connectivity index is 2.00. The van der Waals surface area contributed by atoms with Crippen LogP contribution in [0.3, 0.4) is 0 Å². The highest BCUT2D eigenvalue weighted by Crippen LogP contribution is 2.15. The Kier molecular flexibility index (Phi) is 2.22. The molecule has 1 aliphatic rings. The first-order valence-corrected chi connectivity index (χ1v) is 6.36. The zero-order valence-corrected chi connectivity index (χ0v) is 8.76. The Morgan fingerprint density at radius 3 is 2.93 bits per heavy atom. The number of hydrogen-bond donors (Lipinski definition) is 2. The van der Waals surface area contributed by atoms with E-state index in [-0.39, 0.29) is 17.5 Å². The summed E-state index contributed by atoms with van der Waals surface area (Å²) >= 11 is 0. The molecule has 1 aromatic rings. The summed E-state index contributed by atoms with van der Waals surface area (Å²) in [4.78, 5) is 7.08. The van der Waals surface area contributed by atoms with Crippen molar-refractivity contribution in [2.45, 2.75) is 19.4 Å². The van der Waals surface area contributed by atoms with Crippen LogP contribution in [0.1, 0.15) is 12.1 Å². The number of imidazole rings is 1. The molecule has 2 N–H and O–H groups in total. The van der Waals surface area contributed by atoms with Crippen molar-refractivity contribution in [3.8, 4) is 0 Å². The predicted molar refractivity (Wildman–Crippen MR) is 54.0 cm³/mol. The molecule has 2 rings (SSSR count). The van der Waals surface area contributed by atoms with Gasteiger partial charge in [-0.3, -0.25) is 0 Å². The van der Waals surface area contributed by atoms with Crippen LogP contribution in [0.2, 0.25) is 0 Å². The van der Waals surface area contributed by atoms with Gasteiger partial charge < -0.3 is 10.3 Å². The van der Waals surface area contributed by atoms with Gasteiger partial charge in [0.2, 0.25) is 5.95 Å². The van der Waals surface area contributed by atoms with E-state index < -0.39 is 9.84 Å². The molecule has 0 aromatic carbocycles. The highest BCUT2D eigenvalue weighted by atomic mass is 32.2. The topological polar surface area (TPSA) is 74.8 Å². The van der Waals surface area contributed by atoms with E-state index in [2.05, 4.69) is 15.3 Å². The van der Waals surface area contributed by atoms with Gasteiger partial charge in [-0.15, -0.1) is 0 Å². The second-order valence-corrected chi connectivity index (χ2v) is 5.89. The van der Waals surface area contributed by atoms with E-state index in [1.54, 1.807) is 6.20 Å². The summed E-state index contributed by atoms with van der Waals surface area (Å²) in [7, 11) is -2.81. The smallest absolute Gasteiger partial charge is 0.200 e. The van der Waals surface area contributed by atoms with Gasteiger partial charge in [0.1, 0.15) is 0 Å². The molecule has 0 saturated carbocycles. The lowest BCUT2D eigenvalue weighted by Gasteiger charge is -2.08. The SMILES string of the molecule is Cc1cnc(NC2CCS(=O)(=O)C2)[nH]1. The summed E-state index contributed by atoms with van der Waals surface area (Å²) < 4.78 is 22.3. The Bertz CT molecular complexity index is 424. The van der Waals surface area contributed by atoms with Crippen molar-refractivity contribution in [1.29, 1.82) is 0 Å². The third kappa shape index (κ3) is 2.06. The predicted octanol–water partition coefficient (Wildman–Crippen LogP) is 0.317. The third-order valence-corrected chi connectivity index (χ3v) is 4.04. The fourth-order valence-corrected chi connectivity index (χ4v) is 3.26. The van der Waals surface area contributed by atoms with Crippen molar-refractivity contribution in [3.05, 3.63) is 11.9 Å². The normalized spacial score (nSPS) is 25.1. The number of aromatic nitrogens is 2. The highest BCUT2D eigenvalue weighted by molar-refractivity contribution is 7.91. The number of rotatable bonds is 2. The van der Waals surface area contributed by atoms with E-state index in [1.807, 2.05) is 6.92 Å². The monoisotopic (exact) mass is 215 g/mol. The van der Waals surface area contributed by atoms with Gasteiger partial charge in [-0.05, 0) is 13.3 Å². The number of aromatic amines is 1. The second-order valence-electron chi connectivity index (χ2n) is 3.66. The molecule has 1 fully saturated rings. The molecule has 0 radical (unpaired) electrons. The van der Waals surface area contributed by atoms with E-state index in [0.29, 0.717) is 12.4 Å². The Morgan fingerprint density at radius 2 is 2.43 bits per heavy atom. The number of hydrogen-bond acceptors (Lipinski definition) is 4. The lowest BCUT2D eigenvalue weighted by atomic mass is 10.3. The lowest BCUT2D eigenvalue weighted by Crippen LogP contribution is -2.21. The number of nitrogens with zero attached hydrogens (tertiary/aromatic N) is 1. The van der Waals surface area contributed by atoms with E-state index >= 15 is 0 Å². The van der Waals surface area contributed by atoms with E-state index in [4.69, 9.17) is 0 Å². The van der Waals surface area contributed by atoms with Crippen molar-refractivity contribution in [2.75, 3.05) is 16.8 Å². The van der Waals surface area contributed by atoms with Gasteiger partial charge in [-0.1, -0.05) is 0 Å². The fourth-order valence-electron chi connectivity index (χ4n) is 1.59. The molecule has 0 aliphatic carbocycles. The summed E-state index contributed by atoms with van der Waals surface area (Å²) in [6, 6.07) is 0.00514. The molecule has 1 aromatic heterocycles. The fraction of sp³-hybridized carbons (Fsp3) is 0.625. The summed E-state index contributed by atoms with van der Waals surface area (Å²) in [6.07, 6.45) is 2.38. The number of sulfone groups is 1. The van der Waals surface area contributed by atoms with Crippen molar-refractivity contribution in [3.63, 3.8) is 0 Å². The maximum atomic E-state index is 11.2. The minimum absolute atomic E-state index is 0.00514. The molecule has 0 spiro atoms. The van der Waals surface area contributed by atoms with Crippen LogP contribution in [0, 0.1) is 6.92 Å². The number of anilines is 1. The molecule has 5 nitrogen and oxygen atoms in total. The third-order valence-electron chi connectivity index (χ3n) is 2.28. The standard InChI is InChI=1S/C8H13N3O2S/c1-6-4-9-8(10-6)11-7-2-3-14(12,13)5-7/h4,7H,2-3,5H2,1H3,(H2,9,10,11). The van der Waals surface area contributed by atoms with Gasteiger partial charge in [0, 0.05) is 17.9 Å². The molecule has 1 aliphatic heterocycles. The molecule has 14 heavy (non-hydrogen) atoms. The van der Waals surface area contributed by atoms with Crippen LogP contribution in [0.4, 0.5) is 5.95 Å². The minimum atomic E-state index is -2.81. The zero-order chi connectivity index (χ0) is 10.2. The average molecular weight is 215 g/mol. The minimum Gasteiger partial charge on any atom is -0.352 e. The van der Waals surface area contributed by atoms with Crippen molar-refractivity contribution >= 4 is 15.8 Å². The van der Waals surface area contributed by atoms with Crippen LogP contribution in [0.5, 0.6) is 0 Å². The average Bonchev–Trinajstić information content (AvgIpc) is 2.59. The van der Waals surface area contributed by atoms with Crippen LogP contribution >= 0.6 is 0 Å². The van der Waals surface area contributed by atoms with Crippen LogP contribution in [0.15, 0.2) is 6.20 Å². The van der Waals surface area contributed by atoms with E-state index in [0.717, 1.165) is 5.69 Å². The van der Waals surface area contributed by atoms with Gasteiger partial charge in [0.05, 0.1) is 11.5 Å². The molecule has 1 saturated heterocycles. The highest BCUT2D eigenvalue weighted by Gasteiger charge is 2.27. The number of nitrogens with one attached hydrogen (secondary N) is 2. The molecular weight excluding hydrogens is 202 g/mol. The molecule has 0 bridgehead atoms. The quantitative estimate of drug-likeness (QED) is 0.745. The summed E-state index contributed by atoms with van der Waals surface area (Å²) in [5.74, 6) is 1.15. The number of aryl methyl sites for hydroxylation is 1. The zero-order valence-electron chi connectivity index (χ0n) is 7.95. The second kappa shape index (κ2) is 3.27. The van der Waals surface area contributed by atoms with Gasteiger partial charge in [-0.2, -0.15) is 0 Å². The van der Waals surface area contributed by atoms with Crippen LogP contribution in [-0.2, 0) is 9.84 Å². The molecule has 0 amide bonds. The van der Waals surface area contributed by atoms with Crippen LogP contribution < -0.4 is 5.32 Å². The van der Waals surface area contributed by atoms with Gasteiger partial charge in [0.25, 0.3) is 0 Å². The van der Waals surface area contributed by atoms with Crippen molar-refractivity contribution in [2.24, 2.45) is 0 Å².